The van der Waals surface area contributed by atoms with Crippen molar-refractivity contribution >= 4 is 74.9 Å². The van der Waals surface area contributed by atoms with Crippen LogP contribution in [0.15, 0.2) is 119 Å². The molecule has 0 aliphatic carbocycles. The van der Waals surface area contributed by atoms with Crippen LogP contribution >= 0.6 is 44.7 Å². The number of hydrogen-bond donors (Lipinski definition) is 1. The molecular weight excluding hydrogens is 1210 g/mol. The molecule has 0 fully saturated rings. The number of pyridine rings is 4. The van der Waals surface area contributed by atoms with Gasteiger partial charge in [0.05, 0.1) is 13.2 Å². The van der Waals surface area contributed by atoms with Gasteiger partial charge in [0.2, 0.25) is 0 Å². The van der Waals surface area contributed by atoms with Gasteiger partial charge in [0.15, 0.2) is 22.8 Å². The maximum absolute atomic E-state index is 12.7. The average Bonchev–Trinajstić information content (AvgIpc) is 3.33. The molecule has 0 spiro atoms. The van der Waals surface area contributed by atoms with Crippen LogP contribution < -0.4 is 56.9 Å². The van der Waals surface area contributed by atoms with Crippen molar-refractivity contribution in [3.63, 3.8) is 0 Å². The summed E-state index contributed by atoms with van der Waals surface area (Å²) in [5.41, 5.74) is -5.07. The third-order valence-corrected chi connectivity index (χ3v) is 10.4. The first-order chi connectivity index (χ1) is 35.0. The van der Waals surface area contributed by atoms with E-state index in [1.54, 1.807) is 31.2 Å². The Morgan fingerprint density at radius 2 is 0.882 bits per heavy atom. The Labute approximate surface area is 464 Å². The first-order valence-corrected chi connectivity index (χ1v) is 22.3. The van der Waals surface area contributed by atoms with Crippen LogP contribution in [-0.2, 0) is 52.7 Å². The van der Waals surface area contributed by atoms with Gasteiger partial charge in [-0.05, 0) is 69.4 Å². The van der Waals surface area contributed by atoms with Crippen LogP contribution in [0.5, 0.6) is 0 Å². The molecule has 8 aromatic rings. The summed E-state index contributed by atoms with van der Waals surface area (Å²) in [6.07, 6.45) is -12.8. The minimum Gasteiger partial charge on any atom is 1.00 e. The number of hydrogen-bond acceptors (Lipinski definition) is 13. The zero-order valence-corrected chi connectivity index (χ0v) is 45.5. The van der Waals surface area contributed by atoms with Gasteiger partial charge in [0, 0.05) is 62.5 Å². The van der Waals surface area contributed by atoms with Crippen LogP contribution in [0.25, 0.3) is 22.6 Å². The van der Waals surface area contributed by atoms with Crippen molar-refractivity contribution in [2.45, 2.75) is 50.2 Å². The van der Waals surface area contributed by atoms with Crippen molar-refractivity contribution < 1.29 is 96.8 Å². The molecule has 1 radical (unpaired) electrons. The molecule has 0 saturated heterocycles. The summed E-state index contributed by atoms with van der Waals surface area (Å²) in [6.45, 7) is 2.26. The van der Waals surface area contributed by atoms with Crippen molar-refractivity contribution in [1.82, 2.24) is 37.5 Å². The quantitative estimate of drug-likeness (QED) is 0.102. The number of rotatable bonds is 5. The number of fused-ring (bicyclic) bond motifs is 4. The van der Waals surface area contributed by atoms with Crippen molar-refractivity contribution in [1.29, 1.82) is 0 Å². The van der Waals surface area contributed by atoms with Gasteiger partial charge >= 0.3 is 79.0 Å². The summed E-state index contributed by atoms with van der Waals surface area (Å²) in [4.78, 5) is 60.1. The number of methoxy groups -OCH3 is 2. The summed E-state index contributed by atoms with van der Waals surface area (Å²) in [6, 6.07) is 13.2. The summed E-state index contributed by atoms with van der Waals surface area (Å²) in [5, 5.41) is 8.76. The van der Waals surface area contributed by atoms with Gasteiger partial charge in [-0.25, -0.2) is 19.9 Å². The van der Waals surface area contributed by atoms with E-state index >= 15 is 0 Å². The van der Waals surface area contributed by atoms with E-state index in [4.69, 9.17) is 14.6 Å². The second-order valence-electron chi connectivity index (χ2n) is 14.4. The monoisotopic (exact) mass is 1240 g/mol. The number of halogens is 14. The number of aromatic nitrogens is 8. The summed E-state index contributed by atoms with van der Waals surface area (Å²) in [7, 11) is 8.05. The third-order valence-electron chi connectivity index (χ3n) is 8.99. The van der Waals surface area contributed by atoms with Crippen molar-refractivity contribution in [3.8, 4) is 0 Å². The Balaban J connectivity index is 0.000000336. The van der Waals surface area contributed by atoms with Gasteiger partial charge in [0.25, 0.3) is 22.2 Å². The van der Waals surface area contributed by atoms with Crippen LogP contribution in [0.2, 0.25) is 0 Å². The predicted molar refractivity (Wildman–Crippen MR) is 255 cm³/mol. The van der Waals surface area contributed by atoms with E-state index in [9.17, 15) is 71.9 Å². The van der Waals surface area contributed by atoms with Gasteiger partial charge in [-0.15, -0.1) is 0 Å². The van der Waals surface area contributed by atoms with E-state index in [1.807, 2.05) is 0 Å². The molecule has 33 heteroatoms. The summed E-state index contributed by atoms with van der Waals surface area (Å²) < 4.78 is 166. The normalized spacial score (nSPS) is 11.3. The minimum atomic E-state index is -4.68. The second-order valence-corrected chi connectivity index (χ2v) is 15.9. The molecule has 8 rings (SSSR count). The molecule has 0 aromatic carbocycles. The van der Waals surface area contributed by atoms with E-state index < -0.39 is 74.2 Å². The van der Waals surface area contributed by atoms with Gasteiger partial charge in [-0.1, -0.05) is 40.2 Å². The molecule has 0 amide bonds. The average molecular weight is 1240 g/mol. The fourth-order valence-electron chi connectivity index (χ4n) is 5.87. The van der Waals surface area contributed by atoms with Crippen molar-refractivity contribution in [2.24, 2.45) is 4.30 Å². The Morgan fingerprint density at radius 1 is 0.566 bits per heavy atom. The van der Waals surface area contributed by atoms with Gasteiger partial charge in [0.1, 0.15) is 27.1 Å². The smallest absolute Gasteiger partial charge is 1.00 e. The van der Waals surface area contributed by atoms with Gasteiger partial charge in [-0.2, -0.15) is 59.8 Å². The molecule has 16 nitrogen and oxygen atoms in total. The Bertz CT molecular complexity index is 3530. The molecule has 76 heavy (non-hydrogen) atoms. The molecule has 0 aliphatic rings. The largest absolute Gasteiger partial charge is 1.00 e. The standard InChI is InChI=1S/C11H8BrF3N2O2.C11H9F3N2O2.C10H6BrF3N2O.C10H7F3N2O.CH3O.BHNS.Na/c1-19-5-6-2-3-7-16-9(11(13,14)15)8(12)10(18)17(7)4-6;1-18-6-7-2-3-9-15-8(11(12,13)14)4-10(17)16(9)5-7;11-4-6-1-2-8-15-7(10(12,13)14)3-9(17)16(8)5-6;1-6-2-3-8-14-7(10(11,12)13)4-9(16)15(8)5-6;1-2;1-2-3;/h2-4H,5H2,1H3;2-5H,6H2,1H3;1-3,5H,4H2;2-5H,1H3;1H3;3H;/q;;;;-1;;+1. The fraction of sp³-hybridized carbons (Fsp3) is 0.256. The van der Waals surface area contributed by atoms with E-state index in [-0.39, 0.29) is 65.4 Å². The molecule has 8 aromatic heterocycles. The van der Waals surface area contributed by atoms with E-state index in [0.717, 1.165) is 35.8 Å². The van der Waals surface area contributed by atoms with Gasteiger partial charge < -0.3 is 14.6 Å². The van der Waals surface area contributed by atoms with Crippen LogP contribution in [0.1, 0.15) is 45.0 Å². The first kappa shape index (κ1) is 66.8. The number of aryl methyl sites for hydroxylation is 1. The molecular formula is C43H34BBr2F12N9NaO7S. The summed E-state index contributed by atoms with van der Waals surface area (Å²) in [5.74, 6) is 0. The SMILES string of the molecule is COCc1ccc2nc(C(F)(F)F)c(Br)c(=O)n2c1.COCc1ccc2nc(C(F)(F)F)cc(=O)n2c1.C[O-].Cc1ccc2nc(C(F)(F)F)cc(=O)n2c1.O=c1cc(C(F)(F)F)nc2ccc(CBr)cn12.[B]=NS.[Na+]. The number of ether oxygens (including phenoxy) is 2. The van der Waals surface area contributed by atoms with Crippen molar-refractivity contribution in [3.05, 3.63) is 182 Å². The second kappa shape index (κ2) is 28.9. The molecule has 8 heterocycles. The van der Waals surface area contributed by atoms with Crippen LogP contribution in [0.3, 0.4) is 0 Å². The van der Waals surface area contributed by atoms with Gasteiger partial charge in [-0.3, -0.25) is 36.8 Å². The maximum atomic E-state index is 12.7. The molecule has 0 unspecified atom stereocenters. The Morgan fingerprint density at radius 3 is 1.22 bits per heavy atom. The molecule has 0 saturated carbocycles. The van der Waals surface area contributed by atoms with Crippen LogP contribution in [0.4, 0.5) is 52.7 Å². The Hall–Kier alpha value is -5.35. The fourth-order valence-corrected chi connectivity index (χ4v) is 6.71. The zero-order valence-electron chi connectivity index (χ0n) is 39.5. The Kier molecular flexibility index (Phi) is 25.4. The molecule has 0 N–H and O–H groups in total. The van der Waals surface area contributed by atoms with E-state index in [0.29, 0.717) is 34.7 Å². The van der Waals surface area contributed by atoms with E-state index in [1.165, 1.54) is 63.3 Å². The van der Waals surface area contributed by atoms with E-state index in [2.05, 4.69) is 76.5 Å². The third kappa shape index (κ3) is 18.4. The predicted octanol–water partition coefficient (Wildman–Crippen LogP) is 5.28. The first-order valence-electron chi connectivity index (χ1n) is 20.0. The topological polar surface area (TPSA) is 191 Å². The number of nitrogens with zero attached hydrogens (tertiary/aromatic N) is 9. The molecule has 0 atom stereocenters. The number of alkyl halides is 13. The molecule has 0 bridgehead atoms. The summed E-state index contributed by atoms with van der Waals surface area (Å²) >= 11 is 9.04. The van der Waals surface area contributed by atoms with Crippen molar-refractivity contribution in [2.75, 3.05) is 21.3 Å². The zero-order chi connectivity index (χ0) is 56.8. The maximum Gasteiger partial charge on any atom is 1.00 e. The molecule has 401 valence electrons. The molecule has 0 aliphatic heterocycles. The minimum absolute atomic E-state index is 0. The number of thiol groups is 1. The van der Waals surface area contributed by atoms with Crippen LogP contribution in [-0.4, -0.2) is 66.5 Å². The van der Waals surface area contributed by atoms with Crippen LogP contribution in [0, 0.1) is 6.92 Å².